The molecule has 1 heteroatoms. The third-order valence-corrected chi connectivity index (χ3v) is 8.07. The highest BCUT2D eigenvalue weighted by molar-refractivity contribution is 5.22. The molecule has 0 amide bonds. The van der Waals surface area contributed by atoms with Crippen LogP contribution in [0.1, 0.15) is 71.6 Å². The molecule has 21 heavy (non-hydrogen) atoms. The highest BCUT2D eigenvalue weighted by atomic mass is 16.3. The lowest BCUT2D eigenvalue weighted by Gasteiger charge is -2.54. The van der Waals surface area contributed by atoms with Crippen molar-refractivity contribution in [3.8, 4) is 0 Å². The molecule has 4 fully saturated rings. The second kappa shape index (κ2) is 5.11. The van der Waals surface area contributed by atoms with Gasteiger partial charge in [0.2, 0.25) is 0 Å². The minimum atomic E-state index is 0.0118. The second-order valence-electron chi connectivity index (χ2n) is 8.80. The normalized spacial score (nSPS) is 54.9. The molecule has 0 radical (unpaired) electrons. The fraction of sp³-hybridized carbons (Fsp3) is 0.900. The van der Waals surface area contributed by atoms with Crippen LogP contribution in [0, 0.1) is 35.0 Å². The summed E-state index contributed by atoms with van der Waals surface area (Å²) in [5, 5.41) is 9.99. The standard InChI is InChI=1S/C20H32O/c1-3-15-6-7-16-11-19-14(12-20(15,16)2)5-4-13-10-17(21)8-9-18(13)19/h3,13-14,16-19,21H,4-12H2,1-2H3/b15-3+/t13-,14-,16+,17+,18-,19-,20-/m1/s1. The van der Waals surface area contributed by atoms with Gasteiger partial charge in [0.15, 0.2) is 0 Å². The zero-order chi connectivity index (χ0) is 14.6. The van der Waals surface area contributed by atoms with Gasteiger partial charge in [-0.15, -0.1) is 0 Å². The van der Waals surface area contributed by atoms with Crippen molar-refractivity contribution in [2.24, 2.45) is 35.0 Å². The minimum Gasteiger partial charge on any atom is -0.393 e. The number of aliphatic hydroxyl groups is 1. The number of aliphatic hydroxyl groups excluding tert-OH is 1. The third kappa shape index (κ3) is 2.14. The molecule has 0 saturated heterocycles. The molecule has 4 rings (SSSR count). The molecule has 0 aromatic carbocycles. The maximum absolute atomic E-state index is 9.99. The summed E-state index contributed by atoms with van der Waals surface area (Å²) in [5.74, 6) is 4.73. The molecule has 7 atom stereocenters. The maximum atomic E-state index is 9.99. The summed E-state index contributed by atoms with van der Waals surface area (Å²) in [6.07, 6.45) is 14.6. The van der Waals surface area contributed by atoms with E-state index in [1.807, 2.05) is 0 Å². The van der Waals surface area contributed by atoms with Crippen LogP contribution in [0.15, 0.2) is 11.6 Å². The molecule has 0 unspecified atom stereocenters. The molecule has 0 bridgehead atoms. The first kappa shape index (κ1) is 14.3. The van der Waals surface area contributed by atoms with Gasteiger partial charge in [-0.05, 0) is 99.7 Å². The van der Waals surface area contributed by atoms with Crippen LogP contribution in [0.4, 0.5) is 0 Å². The van der Waals surface area contributed by atoms with Gasteiger partial charge in [-0.1, -0.05) is 18.6 Å². The van der Waals surface area contributed by atoms with E-state index >= 15 is 0 Å². The van der Waals surface area contributed by atoms with E-state index in [0.29, 0.717) is 5.41 Å². The molecule has 0 aromatic heterocycles. The second-order valence-corrected chi connectivity index (χ2v) is 8.80. The lowest BCUT2D eigenvalue weighted by atomic mass is 9.51. The van der Waals surface area contributed by atoms with Crippen LogP contribution in [0.25, 0.3) is 0 Å². The molecule has 4 saturated carbocycles. The summed E-state index contributed by atoms with van der Waals surface area (Å²) in [6, 6.07) is 0. The van der Waals surface area contributed by atoms with Gasteiger partial charge in [0.05, 0.1) is 6.10 Å². The maximum Gasteiger partial charge on any atom is 0.0543 e. The Morgan fingerprint density at radius 1 is 1.00 bits per heavy atom. The Labute approximate surface area is 130 Å². The monoisotopic (exact) mass is 288 g/mol. The summed E-state index contributed by atoms with van der Waals surface area (Å²) < 4.78 is 0. The summed E-state index contributed by atoms with van der Waals surface area (Å²) >= 11 is 0. The smallest absolute Gasteiger partial charge is 0.0543 e. The van der Waals surface area contributed by atoms with Crippen LogP contribution in [-0.4, -0.2) is 11.2 Å². The number of hydrogen-bond donors (Lipinski definition) is 1. The molecule has 118 valence electrons. The molecule has 0 heterocycles. The fourth-order valence-corrected chi connectivity index (χ4v) is 6.99. The van der Waals surface area contributed by atoms with Gasteiger partial charge in [-0.25, -0.2) is 0 Å². The Hall–Kier alpha value is -0.300. The van der Waals surface area contributed by atoms with Crippen LogP contribution in [0.3, 0.4) is 0 Å². The first-order valence-electron chi connectivity index (χ1n) is 9.45. The molecular weight excluding hydrogens is 256 g/mol. The van der Waals surface area contributed by atoms with Crippen LogP contribution in [-0.2, 0) is 0 Å². The van der Waals surface area contributed by atoms with Crippen molar-refractivity contribution in [2.45, 2.75) is 77.7 Å². The average Bonchev–Trinajstić information content (AvgIpc) is 2.80. The van der Waals surface area contributed by atoms with Gasteiger partial charge in [0, 0.05) is 0 Å². The summed E-state index contributed by atoms with van der Waals surface area (Å²) in [7, 11) is 0. The van der Waals surface area contributed by atoms with Crippen molar-refractivity contribution in [3.05, 3.63) is 11.6 Å². The lowest BCUT2D eigenvalue weighted by Crippen LogP contribution is -2.46. The van der Waals surface area contributed by atoms with Crippen molar-refractivity contribution < 1.29 is 5.11 Å². The molecule has 1 N–H and O–H groups in total. The van der Waals surface area contributed by atoms with E-state index in [-0.39, 0.29) is 6.10 Å². The number of allylic oxidation sites excluding steroid dienone is 2. The van der Waals surface area contributed by atoms with Crippen molar-refractivity contribution in [1.29, 1.82) is 0 Å². The minimum absolute atomic E-state index is 0.0118. The molecular formula is C20H32O. The Kier molecular flexibility index (Phi) is 3.48. The van der Waals surface area contributed by atoms with Gasteiger partial charge < -0.3 is 5.11 Å². The Morgan fingerprint density at radius 3 is 2.62 bits per heavy atom. The zero-order valence-corrected chi connectivity index (χ0v) is 13.9. The van der Waals surface area contributed by atoms with Gasteiger partial charge in [-0.3, -0.25) is 0 Å². The third-order valence-electron chi connectivity index (χ3n) is 8.07. The topological polar surface area (TPSA) is 20.2 Å². The first-order valence-corrected chi connectivity index (χ1v) is 9.45. The van der Waals surface area contributed by atoms with Crippen molar-refractivity contribution in [2.75, 3.05) is 0 Å². The predicted molar refractivity (Wildman–Crippen MR) is 86.9 cm³/mol. The summed E-state index contributed by atoms with van der Waals surface area (Å²) in [5.41, 5.74) is 2.31. The molecule has 4 aliphatic carbocycles. The van der Waals surface area contributed by atoms with E-state index in [1.165, 1.54) is 44.9 Å². The molecule has 0 spiro atoms. The van der Waals surface area contributed by atoms with E-state index in [2.05, 4.69) is 19.9 Å². The van der Waals surface area contributed by atoms with E-state index in [1.54, 1.807) is 5.57 Å². The fourth-order valence-electron chi connectivity index (χ4n) is 6.99. The molecule has 4 aliphatic rings. The number of hydrogen-bond acceptors (Lipinski definition) is 1. The van der Waals surface area contributed by atoms with Crippen LogP contribution < -0.4 is 0 Å². The van der Waals surface area contributed by atoms with Gasteiger partial charge in [-0.2, -0.15) is 0 Å². The van der Waals surface area contributed by atoms with Crippen molar-refractivity contribution >= 4 is 0 Å². The van der Waals surface area contributed by atoms with Crippen molar-refractivity contribution in [1.82, 2.24) is 0 Å². The Morgan fingerprint density at radius 2 is 1.81 bits per heavy atom. The van der Waals surface area contributed by atoms with E-state index < -0.39 is 0 Å². The van der Waals surface area contributed by atoms with E-state index in [4.69, 9.17) is 0 Å². The number of rotatable bonds is 0. The highest BCUT2D eigenvalue weighted by Crippen LogP contribution is 2.63. The van der Waals surface area contributed by atoms with Crippen molar-refractivity contribution in [3.63, 3.8) is 0 Å². The largest absolute Gasteiger partial charge is 0.393 e. The first-order chi connectivity index (χ1) is 10.1. The Bertz CT molecular complexity index is 439. The molecule has 0 aliphatic heterocycles. The van der Waals surface area contributed by atoms with Crippen LogP contribution in [0.5, 0.6) is 0 Å². The van der Waals surface area contributed by atoms with Crippen LogP contribution >= 0.6 is 0 Å². The predicted octanol–water partition coefficient (Wildman–Crippen LogP) is 4.95. The van der Waals surface area contributed by atoms with E-state index in [0.717, 1.165) is 42.4 Å². The van der Waals surface area contributed by atoms with Gasteiger partial charge in [0.1, 0.15) is 0 Å². The van der Waals surface area contributed by atoms with E-state index in [9.17, 15) is 5.11 Å². The number of fused-ring (bicyclic) bond motifs is 4. The van der Waals surface area contributed by atoms with Gasteiger partial charge in [0.25, 0.3) is 0 Å². The van der Waals surface area contributed by atoms with Crippen LogP contribution in [0.2, 0.25) is 0 Å². The average molecular weight is 288 g/mol. The summed E-state index contributed by atoms with van der Waals surface area (Å²) in [4.78, 5) is 0. The lowest BCUT2D eigenvalue weighted by molar-refractivity contribution is -0.0507. The molecule has 0 aromatic rings. The van der Waals surface area contributed by atoms with Gasteiger partial charge >= 0.3 is 0 Å². The zero-order valence-electron chi connectivity index (χ0n) is 13.9. The SMILES string of the molecule is C/C=C1\CC[C@H]2C[C@@H]3[C@H](CC[C@@H]4C[C@@H](O)CC[C@H]43)C[C@]12C. The Balaban J connectivity index is 1.56. The molecule has 1 nitrogen and oxygen atoms in total. The highest BCUT2D eigenvalue weighted by Gasteiger charge is 2.53. The quantitative estimate of drug-likeness (QED) is 0.626. The summed E-state index contributed by atoms with van der Waals surface area (Å²) in [6.45, 7) is 4.83.